The Morgan fingerprint density at radius 3 is 2.60 bits per heavy atom. The van der Waals surface area contributed by atoms with Gasteiger partial charge in [0.05, 0.1) is 36.4 Å². The molecule has 0 unspecified atom stereocenters. The van der Waals surface area contributed by atoms with Gasteiger partial charge in [-0.25, -0.2) is 9.78 Å². The van der Waals surface area contributed by atoms with Crippen molar-refractivity contribution in [3.63, 3.8) is 0 Å². The van der Waals surface area contributed by atoms with Gasteiger partial charge < -0.3 is 14.5 Å². The van der Waals surface area contributed by atoms with E-state index in [4.69, 9.17) is 9.47 Å². The van der Waals surface area contributed by atoms with Gasteiger partial charge in [-0.15, -0.1) is 11.8 Å². The average Bonchev–Trinajstić information content (AvgIpc) is 2.65. The molecule has 0 amide bonds. The Hall–Kier alpha value is -2.80. The van der Waals surface area contributed by atoms with Crippen LogP contribution in [0.1, 0.15) is 16.2 Å². The molecule has 1 aromatic heterocycles. The maximum atomic E-state index is 12.2. The van der Waals surface area contributed by atoms with Crippen LogP contribution >= 0.6 is 11.8 Å². The Labute approximate surface area is 148 Å². The van der Waals surface area contributed by atoms with E-state index in [2.05, 4.69) is 9.97 Å². The second-order valence-electron chi connectivity index (χ2n) is 5.20. The normalized spacial score (nSPS) is 10.6. The van der Waals surface area contributed by atoms with Crippen molar-refractivity contribution in [2.45, 2.75) is 10.6 Å². The van der Waals surface area contributed by atoms with Crippen LogP contribution in [0.15, 0.2) is 52.2 Å². The van der Waals surface area contributed by atoms with Crippen LogP contribution in [0.5, 0.6) is 5.75 Å². The van der Waals surface area contributed by atoms with Crippen LogP contribution in [-0.2, 0) is 10.5 Å². The van der Waals surface area contributed by atoms with E-state index >= 15 is 0 Å². The van der Waals surface area contributed by atoms with Gasteiger partial charge in [0.15, 0.2) is 0 Å². The lowest BCUT2D eigenvalue weighted by molar-refractivity contribution is 0.0601. The van der Waals surface area contributed by atoms with Crippen molar-refractivity contribution in [1.29, 1.82) is 0 Å². The second-order valence-corrected chi connectivity index (χ2v) is 6.25. The molecule has 3 rings (SSSR count). The number of rotatable bonds is 5. The van der Waals surface area contributed by atoms with Crippen molar-refractivity contribution in [2.75, 3.05) is 14.2 Å². The Kier molecular flexibility index (Phi) is 5.04. The molecule has 0 saturated heterocycles. The molecule has 0 aliphatic rings. The van der Waals surface area contributed by atoms with Gasteiger partial charge in [0.2, 0.25) is 0 Å². The van der Waals surface area contributed by atoms with Crippen LogP contribution < -0.4 is 10.3 Å². The summed E-state index contributed by atoms with van der Waals surface area (Å²) in [5, 5.41) is 0.436. The number of benzene rings is 2. The van der Waals surface area contributed by atoms with E-state index in [1.165, 1.54) is 7.11 Å². The zero-order chi connectivity index (χ0) is 17.8. The van der Waals surface area contributed by atoms with Gasteiger partial charge in [-0.05, 0) is 42.5 Å². The molecule has 128 valence electrons. The highest BCUT2D eigenvalue weighted by atomic mass is 32.2. The summed E-state index contributed by atoms with van der Waals surface area (Å²) in [6, 6.07) is 12.3. The minimum Gasteiger partial charge on any atom is -0.497 e. The smallest absolute Gasteiger partial charge is 0.337 e. The molecule has 3 aromatic rings. The first-order chi connectivity index (χ1) is 12.1. The molecule has 25 heavy (non-hydrogen) atoms. The summed E-state index contributed by atoms with van der Waals surface area (Å²) in [7, 11) is 2.93. The van der Waals surface area contributed by atoms with Gasteiger partial charge in [-0.3, -0.25) is 4.79 Å². The van der Waals surface area contributed by atoms with Gasteiger partial charge in [0.1, 0.15) is 11.6 Å². The number of esters is 1. The van der Waals surface area contributed by atoms with Crippen LogP contribution in [0.25, 0.3) is 10.9 Å². The summed E-state index contributed by atoms with van der Waals surface area (Å²) < 4.78 is 9.83. The zero-order valence-corrected chi connectivity index (χ0v) is 14.6. The number of aromatic amines is 1. The van der Waals surface area contributed by atoms with Gasteiger partial charge in [0, 0.05) is 4.90 Å². The third kappa shape index (κ3) is 3.83. The first-order valence-corrected chi connectivity index (χ1v) is 8.47. The van der Waals surface area contributed by atoms with Gasteiger partial charge in [-0.2, -0.15) is 0 Å². The van der Waals surface area contributed by atoms with Crippen molar-refractivity contribution < 1.29 is 14.3 Å². The lowest BCUT2D eigenvalue weighted by Gasteiger charge is -2.05. The highest BCUT2D eigenvalue weighted by Gasteiger charge is 2.10. The number of fused-ring (bicyclic) bond motifs is 1. The maximum Gasteiger partial charge on any atom is 0.337 e. The number of H-pyrrole nitrogens is 1. The fourth-order valence-corrected chi connectivity index (χ4v) is 3.09. The van der Waals surface area contributed by atoms with Gasteiger partial charge in [-0.1, -0.05) is 0 Å². The number of carbonyl (C=O) groups is 1. The van der Waals surface area contributed by atoms with Crippen LogP contribution in [0.2, 0.25) is 0 Å². The summed E-state index contributed by atoms with van der Waals surface area (Å²) in [5.41, 5.74) is 0.602. The number of hydrogen-bond acceptors (Lipinski definition) is 6. The Balaban J connectivity index is 1.85. The SMILES string of the molecule is COC(=O)c1ccc2c(=O)[nH]c(CSc3ccc(OC)cc3)nc2c1. The van der Waals surface area contributed by atoms with E-state index in [0.29, 0.717) is 28.0 Å². The number of ether oxygens (including phenoxy) is 2. The molecule has 1 N–H and O–H groups in total. The highest BCUT2D eigenvalue weighted by Crippen LogP contribution is 2.24. The molecule has 6 nitrogen and oxygen atoms in total. The number of aromatic nitrogens is 2. The quantitative estimate of drug-likeness (QED) is 0.559. The minimum absolute atomic E-state index is 0.230. The topological polar surface area (TPSA) is 81.3 Å². The van der Waals surface area contributed by atoms with E-state index in [1.54, 1.807) is 37.1 Å². The van der Waals surface area contributed by atoms with Crippen LogP contribution in [0.4, 0.5) is 0 Å². The number of hydrogen-bond donors (Lipinski definition) is 1. The average molecular weight is 356 g/mol. The number of carbonyl (C=O) groups excluding carboxylic acids is 1. The number of nitrogens with zero attached hydrogens (tertiary/aromatic N) is 1. The van der Waals surface area contributed by atoms with Crippen molar-refractivity contribution in [3.05, 3.63) is 64.2 Å². The second kappa shape index (κ2) is 7.40. The summed E-state index contributed by atoms with van der Waals surface area (Å²) in [5.74, 6) is 1.37. The molecule has 0 bridgehead atoms. The van der Waals surface area contributed by atoms with Crippen molar-refractivity contribution >= 4 is 28.6 Å². The van der Waals surface area contributed by atoms with E-state index in [-0.39, 0.29) is 5.56 Å². The molecule has 0 radical (unpaired) electrons. The first kappa shape index (κ1) is 17.0. The Bertz CT molecular complexity index is 967. The van der Waals surface area contributed by atoms with E-state index in [1.807, 2.05) is 24.3 Å². The largest absolute Gasteiger partial charge is 0.497 e. The van der Waals surface area contributed by atoms with Crippen molar-refractivity contribution in [2.24, 2.45) is 0 Å². The number of methoxy groups -OCH3 is 2. The zero-order valence-electron chi connectivity index (χ0n) is 13.7. The standard InChI is InChI=1S/C18H16N2O4S/c1-23-12-4-6-13(7-5-12)25-10-16-19-15-9-11(18(22)24-2)3-8-14(15)17(21)20-16/h3-9H,10H2,1-2H3,(H,19,20,21). The lowest BCUT2D eigenvalue weighted by atomic mass is 10.1. The molecule has 1 heterocycles. The number of thioether (sulfide) groups is 1. The Morgan fingerprint density at radius 2 is 1.92 bits per heavy atom. The molecule has 0 saturated carbocycles. The molecule has 0 aliphatic carbocycles. The van der Waals surface area contributed by atoms with Gasteiger partial charge >= 0.3 is 5.97 Å². The molecule has 2 aromatic carbocycles. The van der Waals surface area contributed by atoms with E-state index in [0.717, 1.165) is 10.6 Å². The third-order valence-electron chi connectivity index (χ3n) is 3.61. The fourth-order valence-electron chi connectivity index (χ4n) is 2.32. The summed E-state index contributed by atoms with van der Waals surface area (Å²) in [6.45, 7) is 0. The van der Waals surface area contributed by atoms with Crippen LogP contribution in [0, 0.1) is 0 Å². The summed E-state index contributed by atoms with van der Waals surface area (Å²) in [6.07, 6.45) is 0. The first-order valence-electron chi connectivity index (χ1n) is 7.49. The maximum absolute atomic E-state index is 12.2. The molecule has 7 heteroatoms. The van der Waals surface area contributed by atoms with Gasteiger partial charge in [0.25, 0.3) is 5.56 Å². The molecule has 0 spiro atoms. The monoisotopic (exact) mass is 356 g/mol. The Morgan fingerprint density at radius 1 is 1.16 bits per heavy atom. The predicted octanol–water partition coefficient (Wildman–Crippen LogP) is 3.01. The van der Waals surface area contributed by atoms with Crippen LogP contribution in [0.3, 0.4) is 0 Å². The molecular formula is C18H16N2O4S. The third-order valence-corrected chi connectivity index (χ3v) is 4.63. The number of nitrogens with one attached hydrogen (secondary N) is 1. The van der Waals surface area contributed by atoms with Crippen LogP contribution in [-0.4, -0.2) is 30.2 Å². The lowest BCUT2D eigenvalue weighted by Crippen LogP contribution is -2.12. The molecule has 0 atom stereocenters. The van der Waals surface area contributed by atoms with E-state index < -0.39 is 5.97 Å². The summed E-state index contributed by atoms with van der Waals surface area (Å²) >= 11 is 1.55. The minimum atomic E-state index is -0.460. The van der Waals surface area contributed by atoms with E-state index in [9.17, 15) is 9.59 Å². The van der Waals surface area contributed by atoms with Crippen molar-refractivity contribution in [1.82, 2.24) is 9.97 Å². The molecule has 0 fully saturated rings. The predicted molar refractivity (Wildman–Crippen MR) is 96.3 cm³/mol. The van der Waals surface area contributed by atoms with Crippen molar-refractivity contribution in [3.8, 4) is 5.75 Å². The molecule has 0 aliphatic heterocycles. The summed E-state index contributed by atoms with van der Waals surface area (Å²) in [4.78, 5) is 32.1. The fraction of sp³-hybridized carbons (Fsp3) is 0.167. The molecular weight excluding hydrogens is 340 g/mol. The highest BCUT2D eigenvalue weighted by molar-refractivity contribution is 7.98.